The van der Waals surface area contributed by atoms with Crippen molar-refractivity contribution in [2.45, 2.75) is 57.5 Å². The van der Waals surface area contributed by atoms with E-state index in [1.807, 2.05) is 6.07 Å². The lowest BCUT2D eigenvalue weighted by Crippen LogP contribution is -2.35. The third-order valence-corrected chi connectivity index (χ3v) is 8.10. The quantitative estimate of drug-likeness (QED) is 0.221. The van der Waals surface area contributed by atoms with Crippen LogP contribution in [0.3, 0.4) is 0 Å². The molecule has 2 aliphatic rings. The lowest BCUT2D eigenvalue weighted by molar-refractivity contribution is -0.0515. The largest absolute Gasteiger partial charge is 0.489 e. The number of pyridine rings is 1. The summed E-state index contributed by atoms with van der Waals surface area (Å²) in [5.41, 5.74) is 2.34. The summed E-state index contributed by atoms with van der Waals surface area (Å²) in [6, 6.07) is 11.7. The summed E-state index contributed by atoms with van der Waals surface area (Å²) in [5, 5.41) is 10.4. The van der Waals surface area contributed by atoms with E-state index in [2.05, 4.69) is 14.6 Å². The molecule has 2 aromatic carbocycles. The maximum absolute atomic E-state index is 13.5. The molecule has 0 radical (unpaired) electrons. The Labute approximate surface area is 253 Å². The van der Waals surface area contributed by atoms with Gasteiger partial charge in [-0.25, -0.2) is 4.79 Å². The number of hydrogen-bond acceptors (Lipinski definition) is 7. The zero-order valence-electron chi connectivity index (χ0n) is 22.9. The molecule has 0 unspecified atom stereocenters. The van der Waals surface area contributed by atoms with Gasteiger partial charge in [-0.1, -0.05) is 41.4 Å². The van der Waals surface area contributed by atoms with Crippen molar-refractivity contribution in [2.75, 3.05) is 19.7 Å². The molecule has 7 nitrogen and oxygen atoms in total. The SMILES string of the molecule is O=C(O[C@@H](Cc1c(Cl)cncc1Cl)c1ccc(OC(F)F)c(OCC2CC2)c1)c1cccc(CN2CCC(O)CC2)c1. The summed E-state index contributed by atoms with van der Waals surface area (Å²) in [4.78, 5) is 19.7. The lowest BCUT2D eigenvalue weighted by atomic mass is 10.0. The second kappa shape index (κ2) is 14.0. The third-order valence-electron chi connectivity index (χ3n) is 7.44. The molecule has 5 rings (SSSR count). The maximum atomic E-state index is 13.5. The molecule has 2 heterocycles. The van der Waals surface area contributed by atoms with Crippen molar-refractivity contribution in [2.24, 2.45) is 5.92 Å². The fourth-order valence-electron chi connectivity index (χ4n) is 4.90. The van der Waals surface area contributed by atoms with Crippen LogP contribution in [0.2, 0.25) is 10.0 Å². The fourth-order valence-corrected chi connectivity index (χ4v) is 5.42. The van der Waals surface area contributed by atoms with E-state index < -0.39 is 18.7 Å². The van der Waals surface area contributed by atoms with Crippen molar-refractivity contribution in [1.82, 2.24) is 9.88 Å². The number of aliphatic hydroxyl groups excluding tert-OH is 1. The molecule has 1 atom stereocenters. The van der Waals surface area contributed by atoms with E-state index in [0.29, 0.717) is 45.8 Å². The Kier molecular flexibility index (Phi) is 10.2. The van der Waals surface area contributed by atoms with E-state index in [1.54, 1.807) is 30.3 Å². The monoisotopic (exact) mass is 620 g/mol. The molecule has 2 fully saturated rings. The van der Waals surface area contributed by atoms with Crippen molar-refractivity contribution in [1.29, 1.82) is 0 Å². The molecule has 1 N–H and O–H groups in total. The number of carbonyl (C=O) groups excluding carboxylic acids is 1. The first-order valence-electron chi connectivity index (χ1n) is 13.9. The summed E-state index contributed by atoms with van der Waals surface area (Å²) in [7, 11) is 0. The average molecular weight is 622 g/mol. The van der Waals surface area contributed by atoms with Crippen molar-refractivity contribution in [3.8, 4) is 11.5 Å². The lowest BCUT2D eigenvalue weighted by Gasteiger charge is -2.29. The minimum Gasteiger partial charge on any atom is -0.489 e. The van der Waals surface area contributed by atoms with E-state index in [4.69, 9.17) is 32.7 Å². The van der Waals surface area contributed by atoms with E-state index in [0.717, 1.165) is 44.3 Å². The number of nitrogens with zero attached hydrogens (tertiary/aromatic N) is 2. The van der Waals surface area contributed by atoms with Gasteiger partial charge in [0.2, 0.25) is 0 Å². The van der Waals surface area contributed by atoms with E-state index in [1.165, 1.54) is 18.5 Å². The van der Waals surface area contributed by atoms with Gasteiger partial charge in [-0.3, -0.25) is 9.88 Å². The van der Waals surface area contributed by atoms with Crippen LogP contribution in [0, 0.1) is 5.92 Å². The Morgan fingerprint density at radius 3 is 2.45 bits per heavy atom. The highest BCUT2D eigenvalue weighted by molar-refractivity contribution is 6.35. The molecular weight excluding hydrogens is 589 g/mol. The summed E-state index contributed by atoms with van der Waals surface area (Å²) in [6.07, 6.45) is 5.34. The van der Waals surface area contributed by atoms with Crippen LogP contribution < -0.4 is 9.47 Å². The van der Waals surface area contributed by atoms with Gasteiger partial charge in [0.1, 0.15) is 6.10 Å². The second-order valence-electron chi connectivity index (χ2n) is 10.7. The molecule has 3 aromatic rings. The van der Waals surface area contributed by atoms with Gasteiger partial charge in [-0.2, -0.15) is 8.78 Å². The molecule has 1 aliphatic carbocycles. The van der Waals surface area contributed by atoms with Crippen LogP contribution in [0.25, 0.3) is 0 Å². The molecule has 0 spiro atoms. The van der Waals surface area contributed by atoms with Crippen LogP contribution in [-0.4, -0.2) is 53.4 Å². The number of aromatic nitrogens is 1. The Balaban J connectivity index is 1.40. The van der Waals surface area contributed by atoms with Crippen LogP contribution in [0.15, 0.2) is 54.9 Å². The predicted octanol–water partition coefficient (Wildman–Crippen LogP) is 6.88. The number of piperidine rings is 1. The first kappa shape index (κ1) is 30.5. The number of ether oxygens (including phenoxy) is 3. The van der Waals surface area contributed by atoms with Crippen LogP contribution in [0.4, 0.5) is 8.78 Å². The average Bonchev–Trinajstić information content (AvgIpc) is 3.80. The van der Waals surface area contributed by atoms with Gasteiger partial charge >= 0.3 is 12.6 Å². The molecule has 1 saturated heterocycles. The highest BCUT2D eigenvalue weighted by Gasteiger charge is 2.26. The zero-order valence-corrected chi connectivity index (χ0v) is 24.4. The number of hydrogen-bond donors (Lipinski definition) is 1. The molecule has 0 amide bonds. The third kappa shape index (κ3) is 8.31. The number of carbonyl (C=O) groups is 1. The molecule has 0 bridgehead atoms. The van der Waals surface area contributed by atoms with Crippen molar-refractivity contribution in [3.63, 3.8) is 0 Å². The molecule has 1 aromatic heterocycles. The van der Waals surface area contributed by atoms with Crippen LogP contribution in [-0.2, 0) is 17.7 Å². The van der Waals surface area contributed by atoms with Gasteiger partial charge in [0, 0.05) is 38.4 Å². The summed E-state index contributed by atoms with van der Waals surface area (Å²) in [6.45, 7) is -0.446. The minimum atomic E-state index is -3.02. The topological polar surface area (TPSA) is 81.1 Å². The maximum Gasteiger partial charge on any atom is 0.387 e. The Bertz CT molecular complexity index is 1360. The number of halogens is 4. The number of esters is 1. The van der Waals surface area contributed by atoms with Gasteiger partial charge in [-0.05, 0) is 72.6 Å². The predicted molar refractivity (Wildman–Crippen MR) is 154 cm³/mol. The molecule has 1 aliphatic heterocycles. The Morgan fingerprint density at radius 1 is 1.02 bits per heavy atom. The highest BCUT2D eigenvalue weighted by Crippen LogP contribution is 2.38. The van der Waals surface area contributed by atoms with Crippen molar-refractivity contribution < 1.29 is 32.9 Å². The van der Waals surface area contributed by atoms with Crippen LogP contribution in [0.1, 0.15) is 58.8 Å². The second-order valence-corrected chi connectivity index (χ2v) is 11.5. The first-order valence-corrected chi connectivity index (χ1v) is 14.7. The van der Waals surface area contributed by atoms with Crippen LogP contribution >= 0.6 is 23.2 Å². The standard InChI is InChI=1S/C31H32Cl2F2N2O5/c32-25-15-36-16-26(33)24(25)14-28(21-6-7-27(42-31(34)35)29(13-21)40-18-19-4-5-19)41-30(39)22-3-1-2-20(12-22)17-37-10-8-23(38)9-11-37/h1-3,6-7,12-13,15-16,19,23,28,31,38H,4-5,8-11,14,17-18H2/t28-/m0/s1. The number of alkyl halides is 2. The number of likely N-dealkylation sites (tertiary alicyclic amines) is 1. The highest BCUT2D eigenvalue weighted by atomic mass is 35.5. The number of benzene rings is 2. The summed E-state index contributed by atoms with van der Waals surface area (Å²) >= 11 is 12.8. The molecule has 42 heavy (non-hydrogen) atoms. The Hall–Kier alpha value is -2.98. The number of rotatable bonds is 12. The smallest absolute Gasteiger partial charge is 0.387 e. The molecular formula is C31H32Cl2F2N2O5. The van der Waals surface area contributed by atoms with Gasteiger partial charge < -0.3 is 19.3 Å². The minimum absolute atomic E-state index is 0.0996. The van der Waals surface area contributed by atoms with Gasteiger partial charge in [0.25, 0.3) is 0 Å². The van der Waals surface area contributed by atoms with E-state index >= 15 is 0 Å². The molecule has 224 valence electrons. The van der Waals surface area contributed by atoms with Crippen molar-refractivity contribution >= 4 is 29.2 Å². The first-order chi connectivity index (χ1) is 20.2. The van der Waals surface area contributed by atoms with E-state index in [9.17, 15) is 18.7 Å². The van der Waals surface area contributed by atoms with Gasteiger partial charge in [0.05, 0.1) is 28.3 Å². The summed E-state index contributed by atoms with van der Waals surface area (Å²) < 4.78 is 42.8. The van der Waals surface area contributed by atoms with Crippen molar-refractivity contribution in [3.05, 3.63) is 87.2 Å². The molecule has 1 saturated carbocycles. The van der Waals surface area contributed by atoms with E-state index in [-0.39, 0.29) is 24.0 Å². The zero-order chi connectivity index (χ0) is 29.6. The van der Waals surface area contributed by atoms with Gasteiger partial charge in [0.15, 0.2) is 11.5 Å². The normalized spacial score (nSPS) is 16.8. The Morgan fingerprint density at radius 2 is 1.76 bits per heavy atom. The number of aliphatic hydroxyl groups is 1. The van der Waals surface area contributed by atoms with Gasteiger partial charge in [-0.15, -0.1) is 0 Å². The summed E-state index contributed by atoms with van der Waals surface area (Å²) in [5.74, 6) is -0.150. The molecule has 11 heteroatoms. The van der Waals surface area contributed by atoms with Crippen LogP contribution in [0.5, 0.6) is 11.5 Å². The fraction of sp³-hybridized carbons (Fsp3) is 0.419.